The number of likely N-dealkylation sites (tertiary alicyclic amines) is 2. The molecule has 2 saturated heterocycles. The SMILES string of the molecule is C=CC(=O)N1CCC[C@@](C(=O)OCC)(C2CCN(C(=O)OC(C)(C)C)CC2)C1. The van der Waals surface area contributed by atoms with Crippen LogP contribution < -0.4 is 0 Å². The van der Waals surface area contributed by atoms with Gasteiger partial charge in [-0.25, -0.2) is 4.79 Å². The summed E-state index contributed by atoms with van der Waals surface area (Å²) in [6.45, 7) is 13.3. The molecule has 0 aromatic heterocycles. The number of amides is 2. The average Bonchev–Trinajstić information content (AvgIpc) is 2.66. The molecule has 2 fully saturated rings. The van der Waals surface area contributed by atoms with E-state index in [0.29, 0.717) is 52.0 Å². The van der Waals surface area contributed by atoms with Crippen LogP contribution in [0.25, 0.3) is 0 Å². The van der Waals surface area contributed by atoms with Crippen molar-refractivity contribution >= 4 is 18.0 Å². The second-order valence-electron chi connectivity index (χ2n) is 8.69. The zero-order valence-electron chi connectivity index (χ0n) is 17.7. The van der Waals surface area contributed by atoms with E-state index in [4.69, 9.17) is 9.47 Å². The molecule has 1 atom stereocenters. The van der Waals surface area contributed by atoms with E-state index in [9.17, 15) is 14.4 Å². The molecule has 2 rings (SSSR count). The third-order valence-electron chi connectivity index (χ3n) is 5.62. The largest absolute Gasteiger partial charge is 0.466 e. The van der Waals surface area contributed by atoms with Crippen molar-refractivity contribution in [1.29, 1.82) is 0 Å². The smallest absolute Gasteiger partial charge is 0.410 e. The lowest BCUT2D eigenvalue weighted by atomic mass is 9.66. The third kappa shape index (κ3) is 5.06. The Labute approximate surface area is 168 Å². The van der Waals surface area contributed by atoms with E-state index in [-0.39, 0.29) is 23.9 Å². The van der Waals surface area contributed by atoms with E-state index in [0.717, 1.165) is 6.42 Å². The fraction of sp³-hybridized carbons (Fsp3) is 0.762. The van der Waals surface area contributed by atoms with E-state index < -0.39 is 11.0 Å². The van der Waals surface area contributed by atoms with Gasteiger partial charge in [0.1, 0.15) is 5.60 Å². The van der Waals surface area contributed by atoms with Gasteiger partial charge in [0.05, 0.1) is 12.0 Å². The summed E-state index contributed by atoms with van der Waals surface area (Å²) in [4.78, 5) is 40.9. The van der Waals surface area contributed by atoms with Gasteiger partial charge in [0.25, 0.3) is 0 Å². The molecule has 0 radical (unpaired) electrons. The molecule has 0 aromatic carbocycles. The second-order valence-corrected chi connectivity index (χ2v) is 8.69. The number of ether oxygens (including phenoxy) is 2. The van der Waals surface area contributed by atoms with Crippen LogP contribution >= 0.6 is 0 Å². The molecule has 0 N–H and O–H groups in total. The first-order valence-corrected chi connectivity index (χ1v) is 10.2. The Bertz CT molecular complexity index is 604. The average molecular weight is 395 g/mol. The van der Waals surface area contributed by atoms with Crippen molar-refractivity contribution in [2.24, 2.45) is 11.3 Å². The molecule has 0 saturated carbocycles. The summed E-state index contributed by atoms with van der Waals surface area (Å²) in [5.41, 5.74) is -1.25. The number of piperidine rings is 2. The van der Waals surface area contributed by atoms with Crippen molar-refractivity contribution in [2.45, 2.75) is 59.0 Å². The molecular formula is C21H34N2O5. The monoisotopic (exact) mass is 394 g/mol. The summed E-state index contributed by atoms with van der Waals surface area (Å²) in [5.74, 6) is -0.322. The fourth-order valence-corrected chi connectivity index (χ4v) is 4.28. The van der Waals surface area contributed by atoms with Gasteiger partial charge in [0.2, 0.25) is 5.91 Å². The molecule has 0 unspecified atom stereocenters. The Morgan fingerprint density at radius 2 is 1.79 bits per heavy atom. The maximum Gasteiger partial charge on any atom is 0.410 e. The minimum atomic E-state index is -0.715. The molecule has 2 aliphatic heterocycles. The quantitative estimate of drug-likeness (QED) is 0.541. The predicted molar refractivity (Wildman–Crippen MR) is 106 cm³/mol. The highest BCUT2D eigenvalue weighted by Crippen LogP contribution is 2.44. The highest BCUT2D eigenvalue weighted by molar-refractivity contribution is 5.88. The highest BCUT2D eigenvalue weighted by atomic mass is 16.6. The standard InChI is InChI=1S/C21H34N2O5/c1-6-17(24)23-12-8-11-21(15-23,18(25)27-7-2)16-9-13-22(14-10-16)19(26)28-20(3,4)5/h6,16H,1,7-15H2,2-5H3/t21-/m0/s1. The summed E-state index contributed by atoms with van der Waals surface area (Å²) in [6.07, 6.45) is 3.81. The van der Waals surface area contributed by atoms with Gasteiger partial charge in [-0.15, -0.1) is 0 Å². The zero-order chi connectivity index (χ0) is 20.9. The lowest BCUT2D eigenvalue weighted by Crippen LogP contribution is -2.56. The van der Waals surface area contributed by atoms with Crippen molar-refractivity contribution in [1.82, 2.24) is 9.80 Å². The highest BCUT2D eigenvalue weighted by Gasteiger charge is 2.51. The Kier molecular flexibility index (Phi) is 7.12. The minimum Gasteiger partial charge on any atom is -0.466 e. The van der Waals surface area contributed by atoms with Crippen LogP contribution in [-0.2, 0) is 19.1 Å². The molecule has 7 nitrogen and oxygen atoms in total. The van der Waals surface area contributed by atoms with Crippen molar-refractivity contribution < 1.29 is 23.9 Å². The molecule has 2 heterocycles. The van der Waals surface area contributed by atoms with E-state index >= 15 is 0 Å². The van der Waals surface area contributed by atoms with Gasteiger partial charge in [0, 0.05) is 26.2 Å². The van der Waals surface area contributed by atoms with Crippen molar-refractivity contribution in [3.05, 3.63) is 12.7 Å². The first-order valence-electron chi connectivity index (χ1n) is 10.2. The van der Waals surface area contributed by atoms with E-state index in [2.05, 4.69) is 6.58 Å². The summed E-state index contributed by atoms with van der Waals surface area (Å²) in [5, 5.41) is 0. The molecular weight excluding hydrogens is 360 g/mol. The van der Waals surface area contributed by atoms with E-state index in [1.165, 1.54) is 6.08 Å². The van der Waals surface area contributed by atoms with Crippen LogP contribution in [0.1, 0.15) is 53.4 Å². The van der Waals surface area contributed by atoms with Gasteiger partial charge >= 0.3 is 12.1 Å². The number of esters is 1. The molecule has 7 heteroatoms. The summed E-state index contributed by atoms with van der Waals surface area (Å²) >= 11 is 0. The lowest BCUT2D eigenvalue weighted by Gasteiger charge is -2.47. The Balaban J connectivity index is 2.13. The van der Waals surface area contributed by atoms with Gasteiger partial charge in [-0.2, -0.15) is 0 Å². The molecule has 2 aliphatic rings. The van der Waals surface area contributed by atoms with Gasteiger partial charge in [-0.05, 0) is 65.4 Å². The second kappa shape index (κ2) is 8.97. The van der Waals surface area contributed by atoms with Crippen molar-refractivity contribution in [3.63, 3.8) is 0 Å². The topological polar surface area (TPSA) is 76.2 Å². The van der Waals surface area contributed by atoms with Gasteiger partial charge in [-0.3, -0.25) is 9.59 Å². The van der Waals surface area contributed by atoms with Crippen LogP contribution in [0.4, 0.5) is 4.79 Å². The number of rotatable bonds is 4. The van der Waals surface area contributed by atoms with Gasteiger partial charge in [0.15, 0.2) is 0 Å². The number of hydrogen-bond acceptors (Lipinski definition) is 5. The Morgan fingerprint density at radius 3 is 2.32 bits per heavy atom. The van der Waals surface area contributed by atoms with Gasteiger partial charge in [-0.1, -0.05) is 6.58 Å². The first kappa shape index (κ1) is 22.2. The normalized spacial score (nSPS) is 23.9. The number of hydrogen-bond donors (Lipinski definition) is 0. The molecule has 28 heavy (non-hydrogen) atoms. The summed E-state index contributed by atoms with van der Waals surface area (Å²) < 4.78 is 10.9. The lowest BCUT2D eigenvalue weighted by molar-refractivity contribution is -0.166. The van der Waals surface area contributed by atoms with Crippen LogP contribution in [0.3, 0.4) is 0 Å². The minimum absolute atomic E-state index is 0.0608. The molecule has 2 amide bonds. The van der Waals surface area contributed by atoms with E-state index in [1.807, 2.05) is 20.8 Å². The van der Waals surface area contributed by atoms with Crippen LogP contribution in [0.2, 0.25) is 0 Å². The fourth-order valence-electron chi connectivity index (χ4n) is 4.28. The molecule has 0 bridgehead atoms. The maximum atomic E-state index is 13.0. The van der Waals surface area contributed by atoms with Gasteiger partial charge < -0.3 is 19.3 Å². The summed E-state index contributed by atoms with van der Waals surface area (Å²) in [7, 11) is 0. The van der Waals surface area contributed by atoms with Crippen molar-refractivity contribution in [3.8, 4) is 0 Å². The van der Waals surface area contributed by atoms with Crippen LogP contribution in [0.5, 0.6) is 0 Å². The number of carbonyl (C=O) groups is 3. The first-order chi connectivity index (χ1) is 13.1. The van der Waals surface area contributed by atoms with Crippen LogP contribution in [0, 0.1) is 11.3 Å². The van der Waals surface area contributed by atoms with Crippen molar-refractivity contribution in [2.75, 3.05) is 32.8 Å². The Hall–Kier alpha value is -2.05. The summed E-state index contributed by atoms with van der Waals surface area (Å²) in [6, 6.07) is 0. The molecule has 0 aliphatic carbocycles. The predicted octanol–water partition coefficient (Wildman–Crippen LogP) is 2.99. The Morgan fingerprint density at radius 1 is 1.14 bits per heavy atom. The van der Waals surface area contributed by atoms with Crippen LogP contribution in [-0.4, -0.2) is 66.2 Å². The number of nitrogens with zero attached hydrogens (tertiary/aromatic N) is 2. The number of carbonyl (C=O) groups excluding carboxylic acids is 3. The molecule has 158 valence electrons. The zero-order valence-corrected chi connectivity index (χ0v) is 17.7. The maximum absolute atomic E-state index is 13.0. The van der Waals surface area contributed by atoms with Crippen LogP contribution in [0.15, 0.2) is 12.7 Å². The third-order valence-corrected chi connectivity index (χ3v) is 5.62. The van der Waals surface area contributed by atoms with E-state index in [1.54, 1.807) is 16.7 Å². The molecule has 0 spiro atoms. The molecule has 0 aromatic rings.